The van der Waals surface area contributed by atoms with Crippen LogP contribution >= 0.6 is 0 Å². The molecule has 1 unspecified atom stereocenters. The summed E-state index contributed by atoms with van der Waals surface area (Å²) in [5, 5.41) is 7.45. The number of hydrogen-bond donors (Lipinski definition) is 1. The minimum absolute atomic E-state index is 0.0862. The second-order valence-corrected chi connectivity index (χ2v) is 7.87. The van der Waals surface area contributed by atoms with Gasteiger partial charge in [-0.2, -0.15) is 5.10 Å². The Balaban J connectivity index is 1.36. The zero-order valence-corrected chi connectivity index (χ0v) is 15.8. The molecule has 2 aliphatic rings. The number of aromatic nitrogens is 2. The molecule has 3 aromatic rings. The van der Waals surface area contributed by atoms with E-state index in [0.717, 1.165) is 36.7 Å². The number of nitrogens with one attached hydrogen (secondary N) is 1. The van der Waals surface area contributed by atoms with E-state index in [9.17, 15) is 4.79 Å². The molecule has 1 aliphatic carbocycles. The number of rotatable bonds is 5. The first kappa shape index (κ1) is 17.0. The van der Waals surface area contributed by atoms with Crippen molar-refractivity contribution in [3.63, 3.8) is 0 Å². The number of nitrogens with zero attached hydrogens (tertiary/aromatic N) is 3. The summed E-state index contributed by atoms with van der Waals surface area (Å²) >= 11 is 0. The number of hydrogen-bond acceptors (Lipinski definition) is 2. The van der Waals surface area contributed by atoms with Gasteiger partial charge in [0.25, 0.3) is 0 Å². The zero-order valence-electron chi connectivity index (χ0n) is 15.8. The highest BCUT2D eigenvalue weighted by atomic mass is 16.2. The Labute approximate surface area is 165 Å². The van der Waals surface area contributed by atoms with Crippen molar-refractivity contribution in [2.24, 2.45) is 5.92 Å². The Bertz CT molecular complexity index is 977. The summed E-state index contributed by atoms with van der Waals surface area (Å²) in [4.78, 5) is 15.1. The lowest BCUT2D eigenvalue weighted by atomic mass is 10.0. The largest absolute Gasteiger partial charge is 0.326 e. The minimum Gasteiger partial charge on any atom is -0.305 e. The van der Waals surface area contributed by atoms with E-state index >= 15 is 0 Å². The average molecular weight is 372 g/mol. The van der Waals surface area contributed by atoms with Gasteiger partial charge in [-0.15, -0.1) is 0 Å². The molecule has 0 saturated heterocycles. The normalized spacial score (nSPS) is 18.1. The molecule has 5 nitrogen and oxygen atoms in total. The molecule has 1 aliphatic heterocycles. The fourth-order valence-corrected chi connectivity index (χ4v) is 4.06. The third-order valence-corrected chi connectivity index (χ3v) is 5.63. The van der Waals surface area contributed by atoms with E-state index in [2.05, 4.69) is 40.7 Å². The fraction of sp³-hybridized carbons (Fsp3) is 0.304. The lowest BCUT2D eigenvalue weighted by molar-refractivity contribution is 0.255. The van der Waals surface area contributed by atoms with Gasteiger partial charge in [0, 0.05) is 24.5 Å². The molecule has 28 heavy (non-hydrogen) atoms. The van der Waals surface area contributed by atoms with Gasteiger partial charge in [0.2, 0.25) is 0 Å². The van der Waals surface area contributed by atoms with Crippen LogP contribution in [0.5, 0.6) is 0 Å². The van der Waals surface area contributed by atoms with E-state index in [1.54, 1.807) is 6.20 Å². The molecule has 5 heteroatoms. The first-order valence-electron chi connectivity index (χ1n) is 10.0. The van der Waals surface area contributed by atoms with E-state index in [0.29, 0.717) is 0 Å². The molecule has 1 aromatic heterocycles. The number of carbonyl (C=O) groups is 1. The van der Waals surface area contributed by atoms with Gasteiger partial charge in [0.1, 0.15) is 0 Å². The third-order valence-electron chi connectivity index (χ3n) is 5.63. The summed E-state index contributed by atoms with van der Waals surface area (Å²) in [6, 6.07) is 18.6. The van der Waals surface area contributed by atoms with E-state index in [-0.39, 0.29) is 12.1 Å². The maximum Gasteiger partial charge on any atom is 0.326 e. The van der Waals surface area contributed by atoms with Gasteiger partial charge in [0.05, 0.1) is 11.9 Å². The predicted molar refractivity (Wildman–Crippen MR) is 111 cm³/mol. The fourth-order valence-electron chi connectivity index (χ4n) is 4.06. The van der Waals surface area contributed by atoms with E-state index in [1.807, 2.05) is 40.0 Å². The molecule has 1 N–H and O–H groups in total. The summed E-state index contributed by atoms with van der Waals surface area (Å²) in [6.45, 7) is 0.944. The van der Waals surface area contributed by atoms with Crippen molar-refractivity contribution >= 4 is 17.4 Å². The number of amides is 2. The first-order valence-corrected chi connectivity index (χ1v) is 10.0. The number of urea groups is 1. The van der Waals surface area contributed by atoms with Gasteiger partial charge in [-0.3, -0.25) is 9.58 Å². The van der Waals surface area contributed by atoms with Gasteiger partial charge >= 0.3 is 6.03 Å². The summed E-state index contributed by atoms with van der Waals surface area (Å²) < 4.78 is 1.94. The Morgan fingerprint density at radius 1 is 1.07 bits per heavy atom. The SMILES string of the molecule is O=C(Nc1cnn(CC2CC2)c1)N1c2ccccc2CC1Cc1ccccc1. The highest BCUT2D eigenvalue weighted by molar-refractivity contribution is 6.03. The van der Waals surface area contributed by atoms with Crippen molar-refractivity contribution in [3.8, 4) is 0 Å². The molecule has 1 saturated carbocycles. The molecule has 5 rings (SSSR count). The van der Waals surface area contributed by atoms with Crippen LogP contribution in [0.2, 0.25) is 0 Å². The standard InChI is InChI=1S/C23H24N4O/c28-23(25-20-14-24-26(16-20)15-18-10-11-18)27-21(12-17-6-2-1-3-7-17)13-19-8-4-5-9-22(19)27/h1-9,14,16,18,21H,10-13,15H2,(H,25,28). The number of anilines is 2. The Morgan fingerprint density at radius 2 is 1.86 bits per heavy atom. The molecule has 1 fully saturated rings. The minimum atomic E-state index is -0.0862. The summed E-state index contributed by atoms with van der Waals surface area (Å²) in [5.74, 6) is 0.754. The average Bonchev–Trinajstić information content (AvgIpc) is 3.28. The predicted octanol–water partition coefficient (Wildman–Crippen LogP) is 4.50. The van der Waals surface area contributed by atoms with Crippen molar-refractivity contribution in [2.75, 3.05) is 10.2 Å². The monoisotopic (exact) mass is 372 g/mol. The lowest BCUT2D eigenvalue weighted by Gasteiger charge is -2.25. The second-order valence-electron chi connectivity index (χ2n) is 7.87. The molecule has 1 atom stereocenters. The van der Waals surface area contributed by atoms with Crippen LogP contribution in [0.25, 0.3) is 0 Å². The Hall–Kier alpha value is -3.08. The Kier molecular flexibility index (Phi) is 4.35. The Morgan fingerprint density at radius 3 is 2.68 bits per heavy atom. The van der Waals surface area contributed by atoms with Gasteiger partial charge in [-0.1, -0.05) is 48.5 Å². The maximum absolute atomic E-state index is 13.2. The van der Waals surface area contributed by atoms with Crippen molar-refractivity contribution in [3.05, 3.63) is 78.1 Å². The van der Waals surface area contributed by atoms with Crippen molar-refractivity contribution in [1.82, 2.24) is 9.78 Å². The topological polar surface area (TPSA) is 50.2 Å². The van der Waals surface area contributed by atoms with E-state index < -0.39 is 0 Å². The third kappa shape index (κ3) is 3.52. The highest BCUT2D eigenvalue weighted by Gasteiger charge is 2.34. The lowest BCUT2D eigenvalue weighted by Crippen LogP contribution is -2.41. The molecule has 2 heterocycles. The number of para-hydroxylation sites is 1. The van der Waals surface area contributed by atoms with Crippen molar-refractivity contribution in [2.45, 2.75) is 38.3 Å². The number of carbonyl (C=O) groups excluding carboxylic acids is 1. The van der Waals surface area contributed by atoms with Gasteiger partial charge in [-0.25, -0.2) is 4.79 Å². The van der Waals surface area contributed by atoms with Crippen molar-refractivity contribution in [1.29, 1.82) is 0 Å². The summed E-state index contributed by atoms with van der Waals surface area (Å²) in [6.07, 6.45) is 7.96. The second kappa shape index (κ2) is 7.15. The quantitative estimate of drug-likeness (QED) is 0.717. The van der Waals surface area contributed by atoms with Crippen LogP contribution in [0.4, 0.5) is 16.2 Å². The van der Waals surface area contributed by atoms with Crippen molar-refractivity contribution < 1.29 is 4.79 Å². The van der Waals surface area contributed by atoms with Gasteiger partial charge < -0.3 is 5.32 Å². The number of benzene rings is 2. The van der Waals surface area contributed by atoms with Crippen LogP contribution < -0.4 is 10.2 Å². The molecule has 0 bridgehead atoms. The molecule has 0 radical (unpaired) electrons. The maximum atomic E-state index is 13.2. The van der Waals surface area contributed by atoms with Gasteiger partial charge in [-0.05, 0) is 48.8 Å². The van der Waals surface area contributed by atoms with Crippen LogP contribution in [-0.2, 0) is 19.4 Å². The van der Waals surface area contributed by atoms with Crippen LogP contribution in [0.15, 0.2) is 67.0 Å². The smallest absolute Gasteiger partial charge is 0.305 e. The van der Waals surface area contributed by atoms with E-state index in [1.165, 1.54) is 24.0 Å². The van der Waals surface area contributed by atoms with Crippen LogP contribution in [0.3, 0.4) is 0 Å². The van der Waals surface area contributed by atoms with E-state index in [4.69, 9.17) is 0 Å². The molecule has 0 spiro atoms. The van der Waals surface area contributed by atoms with Gasteiger partial charge in [0.15, 0.2) is 0 Å². The van der Waals surface area contributed by atoms with Crippen LogP contribution in [-0.4, -0.2) is 21.9 Å². The molecule has 2 aromatic carbocycles. The first-order chi connectivity index (χ1) is 13.8. The molecule has 142 valence electrons. The molecular formula is C23H24N4O. The number of fused-ring (bicyclic) bond motifs is 1. The highest BCUT2D eigenvalue weighted by Crippen LogP contribution is 2.34. The summed E-state index contributed by atoms with van der Waals surface area (Å²) in [5.41, 5.74) is 4.23. The molecule has 2 amide bonds. The zero-order chi connectivity index (χ0) is 18.9. The van der Waals surface area contributed by atoms with Crippen LogP contribution in [0.1, 0.15) is 24.0 Å². The molecular weight excluding hydrogens is 348 g/mol. The summed E-state index contributed by atoms with van der Waals surface area (Å²) in [7, 11) is 0. The van der Waals surface area contributed by atoms with Crippen LogP contribution in [0, 0.1) is 5.92 Å².